The second kappa shape index (κ2) is 13.8. The summed E-state index contributed by atoms with van der Waals surface area (Å²) in [5.41, 5.74) is 2.13. The van der Waals surface area contributed by atoms with Crippen molar-refractivity contribution < 1.29 is 19.1 Å². The molecular weight excluding hydrogens is 490 g/mol. The molecule has 39 heavy (non-hydrogen) atoms. The van der Waals surface area contributed by atoms with Crippen molar-refractivity contribution in [3.8, 4) is 17.2 Å². The van der Waals surface area contributed by atoms with Crippen molar-refractivity contribution in [1.82, 2.24) is 15.1 Å². The molecule has 0 radical (unpaired) electrons. The predicted molar refractivity (Wildman–Crippen MR) is 153 cm³/mol. The largest absolute Gasteiger partial charge is 0.493 e. The van der Waals surface area contributed by atoms with Gasteiger partial charge in [0, 0.05) is 46.2 Å². The van der Waals surface area contributed by atoms with Gasteiger partial charge in [-0.3, -0.25) is 14.5 Å². The monoisotopic (exact) mass is 529 g/mol. The SMILES string of the molecule is COc1ccccc1Oc1cccc(CN2CCC(NC(=O)C(CCC(=O)N(C)C)c3ccccc3)CC2)c1. The summed E-state index contributed by atoms with van der Waals surface area (Å²) in [5.74, 6) is 1.87. The van der Waals surface area contributed by atoms with E-state index in [-0.39, 0.29) is 23.8 Å². The van der Waals surface area contributed by atoms with Crippen LogP contribution in [0.25, 0.3) is 0 Å². The molecule has 0 bridgehead atoms. The molecule has 0 saturated carbocycles. The number of carbonyl (C=O) groups excluding carboxylic acids is 2. The molecule has 1 fully saturated rings. The Balaban J connectivity index is 1.30. The van der Waals surface area contributed by atoms with E-state index in [0.717, 1.165) is 43.8 Å². The second-order valence-electron chi connectivity index (χ2n) is 10.2. The number of piperidine rings is 1. The highest BCUT2D eigenvalue weighted by Crippen LogP contribution is 2.31. The number of benzene rings is 3. The van der Waals surface area contributed by atoms with Gasteiger partial charge in [-0.1, -0.05) is 54.6 Å². The first-order valence-corrected chi connectivity index (χ1v) is 13.6. The maximum Gasteiger partial charge on any atom is 0.227 e. The van der Waals surface area contributed by atoms with Crippen LogP contribution in [0.3, 0.4) is 0 Å². The molecule has 0 aromatic heterocycles. The molecule has 1 saturated heterocycles. The molecule has 4 rings (SSSR count). The number of methoxy groups -OCH3 is 1. The lowest BCUT2D eigenvalue weighted by molar-refractivity contribution is -0.129. The van der Waals surface area contributed by atoms with Gasteiger partial charge in [-0.25, -0.2) is 0 Å². The van der Waals surface area contributed by atoms with Crippen LogP contribution < -0.4 is 14.8 Å². The Labute approximate surface area is 231 Å². The smallest absolute Gasteiger partial charge is 0.227 e. The zero-order valence-corrected chi connectivity index (χ0v) is 23.1. The third kappa shape index (κ3) is 8.07. The normalized spacial score (nSPS) is 14.8. The molecule has 1 heterocycles. The summed E-state index contributed by atoms with van der Waals surface area (Å²) in [4.78, 5) is 29.5. The van der Waals surface area contributed by atoms with Gasteiger partial charge in [-0.2, -0.15) is 0 Å². The zero-order valence-electron chi connectivity index (χ0n) is 23.1. The van der Waals surface area contributed by atoms with E-state index in [2.05, 4.69) is 22.3 Å². The molecule has 1 N–H and O–H groups in total. The molecule has 3 aromatic rings. The molecule has 1 aliphatic rings. The second-order valence-corrected chi connectivity index (χ2v) is 10.2. The van der Waals surface area contributed by atoms with Crippen molar-refractivity contribution in [1.29, 1.82) is 0 Å². The highest BCUT2D eigenvalue weighted by Gasteiger charge is 2.26. The van der Waals surface area contributed by atoms with Crippen LogP contribution in [0.5, 0.6) is 17.2 Å². The summed E-state index contributed by atoms with van der Waals surface area (Å²) >= 11 is 0. The molecule has 3 aromatic carbocycles. The van der Waals surface area contributed by atoms with Gasteiger partial charge in [0.2, 0.25) is 11.8 Å². The predicted octanol–water partition coefficient (Wildman–Crippen LogP) is 5.22. The quantitative estimate of drug-likeness (QED) is 0.369. The minimum atomic E-state index is -0.334. The fourth-order valence-electron chi connectivity index (χ4n) is 4.96. The standard InChI is InChI=1S/C32H39N3O4/c1-34(2)31(36)17-16-28(25-11-5-4-6-12-25)32(37)33-26-18-20-35(21-19-26)23-24-10-9-13-27(22-24)39-30-15-8-7-14-29(30)38-3/h4-15,22,26,28H,16-21,23H2,1-3H3,(H,33,37). The highest BCUT2D eigenvalue weighted by atomic mass is 16.5. The highest BCUT2D eigenvalue weighted by molar-refractivity contribution is 5.85. The van der Waals surface area contributed by atoms with Crippen molar-refractivity contribution in [2.24, 2.45) is 0 Å². The number of hydrogen-bond acceptors (Lipinski definition) is 5. The summed E-state index contributed by atoms with van der Waals surface area (Å²) in [6.07, 6.45) is 2.62. The van der Waals surface area contributed by atoms with Crippen molar-refractivity contribution in [3.63, 3.8) is 0 Å². The Kier molecular flexibility index (Phi) is 9.97. The lowest BCUT2D eigenvalue weighted by Crippen LogP contribution is -2.45. The molecule has 0 spiro atoms. The van der Waals surface area contributed by atoms with Crippen LogP contribution in [0.2, 0.25) is 0 Å². The molecular formula is C32H39N3O4. The van der Waals surface area contributed by atoms with Gasteiger partial charge in [-0.15, -0.1) is 0 Å². The van der Waals surface area contributed by atoms with Crippen molar-refractivity contribution in [2.75, 3.05) is 34.3 Å². The van der Waals surface area contributed by atoms with E-state index in [0.29, 0.717) is 24.3 Å². The summed E-state index contributed by atoms with van der Waals surface area (Å²) < 4.78 is 11.5. The summed E-state index contributed by atoms with van der Waals surface area (Å²) in [5, 5.41) is 3.28. The summed E-state index contributed by atoms with van der Waals surface area (Å²) in [6.45, 7) is 2.62. The Morgan fingerprint density at radius 2 is 1.64 bits per heavy atom. The topological polar surface area (TPSA) is 71.1 Å². The van der Waals surface area contributed by atoms with E-state index >= 15 is 0 Å². The van der Waals surface area contributed by atoms with Crippen molar-refractivity contribution in [3.05, 3.63) is 90.0 Å². The molecule has 1 aliphatic heterocycles. The third-order valence-corrected chi connectivity index (χ3v) is 7.20. The van der Waals surface area contributed by atoms with E-state index in [1.807, 2.05) is 66.7 Å². The molecule has 1 atom stereocenters. The average Bonchev–Trinajstić information content (AvgIpc) is 2.95. The number of nitrogens with one attached hydrogen (secondary N) is 1. The van der Waals surface area contributed by atoms with Crippen LogP contribution in [0.1, 0.15) is 42.7 Å². The summed E-state index contributed by atoms with van der Waals surface area (Å²) in [6, 6.07) is 25.7. The Hall–Kier alpha value is -3.84. The van der Waals surface area contributed by atoms with Crippen molar-refractivity contribution in [2.45, 2.75) is 44.2 Å². The lowest BCUT2D eigenvalue weighted by atomic mass is 9.92. The first-order valence-electron chi connectivity index (χ1n) is 13.6. The van der Waals surface area contributed by atoms with Crippen molar-refractivity contribution >= 4 is 11.8 Å². The van der Waals surface area contributed by atoms with E-state index < -0.39 is 0 Å². The van der Waals surface area contributed by atoms with Gasteiger partial charge in [-0.05, 0) is 54.7 Å². The number of ether oxygens (including phenoxy) is 2. The van der Waals surface area contributed by atoms with Gasteiger partial charge in [0.05, 0.1) is 13.0 Å². The van der Waals surface area contributed by atoms with Gasteiger partial charge >= 0.3 is 0 Å². The average molecular weight is 530 g/mol. The van der Waals surface area contributed by atoms with E-state index in [9.17, 15) is 9.59 Å². The first kappa shape index (κ1) is 28.2. The number of hydrogen-bond donors (Lipinski definition) is 1. The van der Waals surface area contributed by atoms with Crippen LogP contribution in [0.4, 0.5) is 0 Å². The molecule has 1 unspecified atom stereocenters. The number of amides is 2. The van der Waals surface area contributed by atoms with E-state index in [1.54, 1.807) is 26.1 Å². The van der Waals surface area contributed by atoms with Crippen LogP contribution in [-0.4, -0.2) is 62.0 Å². The molecule has 7 heteroatoms. The number of para-hydroxylation sites is 2. The molecule has 0 aliphatic carbocycles. The maximum absolute atomic E-state index is 13.3. The minimum Gasteiger partial charge on any atom is -0.493 e. The fraction of sp³-hybridized carbons (Fsp3) is 0.375. The lowest BCUT2D eigenvalue weighted by Gasteiger charge is -2.33. The molecule has 7 nitrogen and oxygen atoms in total. The van der Waals surface area contributed by atoms with Crippen LogP contribution in [0.15, 0.2) is 78.9 Å². The number of carbonyl (C=O) groups is 2. The van der Waals surface area contributed by atoms with E-state index in [4.69, 9.17) is 9.47 Å². The minimum absolute atomic E-state index is 0.00685. The van der Waals surface area contributed by atoms with Gasteiger partial charge in [0.15, 0.2) is 11.5 Å². The number of nitrogens with zero attached hydrogens (tertiary/aromatic N) is 2. The van der Waals surface area contributed by atoms with E-state index in [1.165, 1.54) is 5.56 Å². The summed E-state index contributed by atoms with van der Waals surface area (Å²) in [7, 11) is 5.13. The zero-order chi connectivity index (χ0) is 27.6. The van der Waals surface area contributed by atoms with Crippen LogP contribution >= 0.6 is 0 Å². The molecule has 2 amide bonds. The Bertz CT molecular complexity index is 1220. The van der Waals surface area contributed by atoms with Gasteiger partial charge in [0.25, 0.3) is 0 Å². The Morgan fingerprint density at radius 3 is 2.33 bits per heavy atom. The number of likely N-dealkylation sites (tertiary alicyclic amines) is 1. The van der Waals surface area contributed by atoms with Gasteiger partial charge < -0.3 is 19.7 Å². The molecule has 206 valence electrons. The van der Waals surface area contributed by atoms with Crippen LogP contribution in [-0.2, 0) is 16.1 Å². The third-order valence-electron chi connectivity index (χ3n) is 7.20. The Morgan fingerprint density at radius 1 is 0.949 bits per heavy atom. The van der Waals surface area contributed by atoms with Crippen LogP contribution in [0, 0.1) is 0 Å². The fourth-order valence-corrected chi connectivity index (χ4v) is 4.96. The first-order chi connectivity index (χ1) is 18.9. The maximum atomic E-state index is 13.3. The number of rotatable bonds is 11. The van der Waals surface area contributed by atoms with Gasteiger partial charge in [0.1, 0.15) is 5.75 Å².